The van der Waals surface area contributed by atoms with Crippen LogP contribution in [0.1, 0.15) is 0 Å². The number of aromatic nitrogens is 3. The highest BCUT2D eigenvalue weighted by molar-refractivity contribution is 5.69. The summed E-state index contributed by atoms with van der Waals surface area (Å²) < 4.78 is 5.38. The summed E-state index contributed by atoms with van der Waals surface area (Å²) >= 11 is 0. The third kappa shape index (κ3) is 2.94. The Morgan fingerprint density at radius 3 is 2.68 bits per heavy atom. The van der Waals surface area contributed by atoms with Gasteiger partial charge in [0.25, 0.3) is 0 Å². The van der Waals surface area contributed by atoms with Gasteiger partial charge in [0.2, 0.25) is 5.95 Å². The number of hydrogen-bond donors (Lipinski definition) is 1. The predicted octanol–water partition coefficient (Wildman–Crippen LogP) is 0.881. The Kier molecular flexibility index (Phi) is 4.06. The summed E-state index contributed by atoms with van der Waals surface area (Å²) in [6.07, 6.45) is 3.42. The molecule has 2 aromatic rings. The van der Waals surface area contributed by atoms with Crippen molar-refractivity contribution < 1.29 is 4.74 Å². The van der Waals surface area contributed by atoms with Crippen LogP contribution in [0.4, 0.5) is 11.8 Å². The topological polar surface area (TPSA) is 80.4 Å². The molecular weight excluding hydrogens is 280 g/mol. The van der Waals surface area contributed by atoms with Crippen molar-refractivity contribution in [3.63, 3.8) is 0 Å². The van der Waals surface area contributed by atoms with Crippen molar-refractivity contribution in [1.82, 2.24) is 19.9 Å². The van der Waals surface area contributed by atoms with Crippen LogP contribution >= 0.6 is 0 Å². The van der Waals surface area contributed by atoms with Gasteiger partial charge >= 0.3 is 0 Å². The van der Waals surface area contributed by atoms with E-state index in [2.05, 4.69) is 31.8 Å². The van der Waals surface area contributed by atoms with Gasteiger partial charge in [-0.3, -0.25) is 4.98 Å². The highest BCUT2D eigenvalue weighted by Gasteiger charge is 2.18. The molecule has 0 atom stereocenters. The van der Waals surface area contributed by atoms with E-state index in [9.17, 15) is 0 Å². The second-order valence-corrected chi connectivity index (χ2v) is 5.34. The fourth-order valence-electron chi connectivity index (χ4n) is 2.54. The Morgan fingerprint density at radius 2 is 1.95 bits per heavy atom. The smallest absolute Gasteiger partial charge is 0.222 e. The molecule has 116 valence electrons. The zero-order valence-electron chi connectivity index (χ0n) is 12.9. The maximum absolute atomic E-state index is 5.90. The lowest BCUT2D eigenvalue weighted by Gasteiger charge is -2.33. The van der Waals surface area contributed by atoms with E-state index in [-0.39, 0.29) is 5.95 Å². The summed E-state index contributed by atoms with van der Waals surface area (Å²) in [6.45, 7) is 3.87. The molecule has 1 saturated heterocycles. The first-order valence-electron chi connectivity index (χ1n) is 7.24. The minimum Gasteiger partial charge on any atom is -0.496 e. The van der Waals surface area contributed by atoms with E-state index in [4.69, 9.17) is 10.5 Å². The maximum atomic E-state index is 5.90. The van der Waals surface area contributed by atoms with Gasteiger partial charge in [0.05, 0.1) is 18.4 Å². The summed E-state index contributed by atoms with van der Waals surface area (Å²) in [5.74, 6) is 1.83. The number of nitrogen functional groups attached to an aromatic ring is 1. The van der Waals surface area contributed by atoms with E-state index in [1.54, 1.807) is 19.5 Å². The van der Waals surface area contributed by atoms with Crippen LogP contribution in [0, 0.1) is 0 Å². The molecule has 7 heteroatoms. The normalized spacial score (nSPS) is 15.8. The van der Waals surface area contributed by atoms with Gasteiger partial charge in [0, 0.05) is 44.6 Å². The Balaban J connectivity index is 1.96. The second kappa shape index (κ2) is 6.15. The Morgan fingerprint density at radius 1 is 1.18 bits per heavy atom. The number of anilines is 2. The summed E-state index contributed by atoms with van der Waals surface area (Å²) in [6, 6.07) is 3.75. The molecule has 2 N–H and O–H groups in total. The average molecular weight is 300 g/mol. The molecule has 0 aromatic carbocycles. The quantitative estimate of drug-likeness (QED) is 0.901. The monoisotopic (exact) mass is 300 g/mol. The minimum atomic E-state index is 0.261. The van der Waals surface area contributed by atoms with Crippen LogP contribution in [-0.4, -0.2) is 60.2 Å². The van der Waals surface area contributed by atoms with Gasteiger partial charge in [-0.1, -0.05) is 0 Å². The molecule has 0 saturated carbocycles. The van der Waals surface area contributed by atoms with Crippen molar-refractivity contribution in [1.29, 1.82) is 0 Å². The predicted molar refractivity (Wildman–Crippen MR) is 85.9 cm³/mol. The standard InChI is InChI=1S/C15H20N6O/c1-20-5-7-21(8-6-20)14-9-12(18-15(16)19-14)11-10-17-4-3-13(11)22-2/h3-4,9-10H,5-8H2,1-2H3,(H2,16,18,19). The first kappa shape index (κ1) is 14.5. The molecule has 1 aliphatic heterocycles. The largest absolute Gasteiger partial charge is 0.496 e. The number of piperazine rings is 1. The molecule has 3 heterocycles. The summed E-state index contributed by atoms with van der Waals surface area (Å²) in [4.78, 5) is 17.4. The van der Waals surface area contributed by atoms with Crippen LogP contribution in [-0.2, 0) is 0 Å². The van der Waals surface area contributed by atoms with Gasteiger partial charge in [-0.25, -0.2) is 4.98 Å². The zero-order chi connectivity index (χ0) is 15.5. The fraction of sp³-hybridized carbons (Fsp3) is 0.400. The van der Waals surface area contributed by atoms with Crippen LogP contribution in [0.25, 0.3) is 11.3 Å². The molecule has 0 bridgehead atoms. The third-order valence-electron chi connectivity index (χ3n) is 3.83. The van der Waals surface area contributed by atoms with Crippen molar-refractivity contribution in [2.45, 2.75) is 0 Å². The van der Waals surface area contributed by atoms with E-state index in [0.717, 1.165) is 49.0 Å². The third-order valence-corrected chi connectivity index (χ3v) is 3.83. The second-order valence-electron chi connectivity index (χ2n) is 5.34. The van der Waals surface area contributed by atoms with Crippen molar-refractivity contribution in [3.8, 4) is 17.0 Å². The van der Waals surface area contributed by atoms with Crippen molar-refractivity contribution in [3.05, 3.63) is 24.5 Å². The van der Waals surface area contributed by atoms with Crippen molar-refractivity contribution >= 4 is 11.8 Å². The summed E-state index contributed by atoms with van der Waals surface area (Å²) in [7, 11) is 3.75. The van der Waals surface area contributed by atoms with Gasteiger partial charge in [-0.05, 0) is 13.1 Å². The zero-order valence-corrected chi connectivity index (χ0v) is 12.9. The maximum Gasteiger partial charge on any atom is 0.222 e. The van der Waals surface area contributed by atoms with E-state index < -0.39 is 0 Å². The number of likely N-dealkylation sites (N-methyl/N-ethyl adjacent to an activating group) is 1. The van der Waals surface area contributed by atoms with Gasteiger partial charge in [-0.2, -0.15) is 4.98 Å². The first-order chi connectivity index (χ1) is 10.7. The van der Waals surface area contributed by atoms with Gasteiger partial charge < -0.3 is 20.3 Å². The molecule has 0 spiro atoms. The van der Waals surface area contributed by atoms with Crippen LogP contribution in [0.3, 0.4) is 0 Å². The molecular formula is C15H20N6O. The van der Waals surface area contributed by atoms with Gasteiger partial charge in [0.1, 0.15) is 11.6 Å². The molecule has 1 aliphatic rings. The Bertz CT molecular complexity index is 654. The average Bonchev–Trinajstić information content (AvgIpc) is 2.55. The lowest BCUT2D eigenvalue weighted by molar-refractivity contribution is 0.312. The van der Waals surface area contributed by atoms with E-state index in [0.29, 0.717) is 0 Å². The first-order valence-corrected chi connectivity index (χ1v) is 7.24. The van der Waals surface area contributed by atoms with Crippen LogP contribution < -0.4 is 15.4 Å². The molecule has 7 nitrogen and oxygen atoms in total. The Hall–Kier alpha value is -2.41. The van der Waals surface area contributed by atoms with Crippen molar-refractivity contribution in [2.24, 2.45) is 0 Å². The minimum absolute atomic E-state index is 0.261. The number of ether oxygens (including phenoxy) is 1. The molecule has 3 rings (SSSR count). The number of nitrogens with two attached hydrogens (primary N) is 1. The number of hydrogen-bond acceptors (Lipinski definition) is 7. The molecule has 0 unspecified atom stereocenters. The molecule has 0 radical (unpaired) electrons. The number of pyridine rings is 1. The fourth-order valence-corrected chi connectivity index (χ4v) is 2.54. The highest BCUT2D eigenvalue weighted by Crippen LogP contribution is 2.29. The van der Waals surface area contributed by atoms with E-state index in [1.807, 2.05) is 12.1 Å². The molecule has 2 aromatic heterocycles. The molecule has 1 fully saturated rings. The highest BCUT2D eigenvalue weighted by atomic mass is 16.5. The summed E-state index contributed by atoms with van der Waals surface area (Å²) in [5.41, 5.74) is 7.44. The lowest BCUT2D eigenvalue weighted by atomic mass is 10.1. The SMILES string of the molecule is COc1ccncc1-c1cc(N2CCN(C)CC2)nc(N)n1. The number of nitrogens with zero attached hydrogens (tertiary/aromatic N) is 5. The number of rotatable bonds is 3. The lowest BCUT2D eigenvalue weighted by Crippen LogP contribution is -2.44. The van der Waals surface area contributed by atoms with E-state index >= 15 is 0 Å². The molecule has 0 amide bonds. The van der Waals surface area contributed by atoms with Crippen molar-refractivity contribution in [2.75, 3.05) is 51.0 Å². The van der Waals surface area contributed by atoms with E-state index in [1.165, 1.54) is 0 Å². The van der Waals surface area contributed by atoms with Gasteiger partial charge in [-0.15, -0.1) is 0 Å². The van der Waals surface area contributed by atoms with Crippen LogP contribution in [0.2, 0.25) is 0 Å². The molecule has 22 heavy (non-hydrogen) atoms. The molecule has 0 aliphatic carbocycles. The summed E-state index contributed by atoms with van der Waals surface area (Å²) in [5, 5.41) is 0. The Labute approximate surface area is 129 Å². The van der Waals surface area contributed by atoms with Crippen LogP contribution in [0.5, 0.6) is 5.75 Å². The van der Waals surface area contributed by atoms with Crippen LogP contribution in [0.15, 0.2) is 24.5 Å². The van der Waals surface area contributed by atoms with Gasteiger partial charge in [0.15, 0.2) is 0 Å². The number of methoxy groups -OCH3 is 1.